The predicted octanol–water partition coefficient (Wildman–Crippen LogP) is 5.77. The number of rotatable bonds is 7. The number of methoxy groups -OCH3 is 1. The first-order valence-corrected chi connectivity index (χ1v) is 12.1. The summed E-state index contributed by atoms with van der Waals surface area (Å²) in [7, 11) is 1.63. The highest BCUT2D eigenvalue weighted by Crippen LogP contribution is 2.37. The molecule has 1 saturated carbocycles. The molecule has 0 aromatic heterocycles. The average molecular weight is 454 g/mol. The van der Waals surface area contributed by atoms with Gasteiger partial charge in [0.15, 0.2) is 11.5 Å². The molecule has 3 aliphatic rings. The molecule has 1 aliphatic heterocycles. The van der Waals surface area contributed by atoms with E-state index in [9.17, 15) is 9.59 Å². The maximum Gasteiger partial charge on any atom is 0.416 e. The summed E-state index contributed by atoms with van der Waals surface area (Å²) in [5, 5.41) is 0. The van der Waals surface area contributed by atoms with Gasteiger partial charge in [-0.1, -0.05) is 24.3 Å². The van der Waals surface area contributed by atoms with Gasteiger partial charge in [-0.3, -0.25) is 4.79 Å². The van der Waals surface area contributed by atoms with Gasteiger partial charge in [-0.25, -0.2) is 9.69 Å². The lowest BCUT2D eigenvalue weighted by Crippen LogP contribution is -2.33. The van der Waals surface area contributed by atoms with Crippen molar-refractivity contribution in [3.05, 3.63) is 47.6 Å². The summed E-state index contributed by atoms with van der Waals surface area (Å²) in [6.07, 6.45) is 9.45. The normalized spacial score (nSPS) is 23.4. The molecule has 6 nitrogen and oxygen atoms in total. The first-order valence-electron chi connectivity index (χ1n) is 12.1. The van der Waals surface area contributed by atoms with Crippen LogP contribution in [0.15, 0.2) is 42.0 Å². The summed E-state index contributed by atoms with van der Waals surface area (Å²) in [6.45, 7) is 6.67. The molecule has 0 N–H and O–H groups in total. The van der Waals surface area contributed by atoms with E-state index >= 15 is 0 Å². The number of amides is 2. The lowest BCUT2D eigenvalue weighted by atomic mass is 9.86. The van der Waals surface area contributed by atoms with Crippen molar-refractivity contribution < 1.29 is 23.8 Å². The Hall–Kier alpha value is -2.76. The van der Waals surface area contributed by atoms with E-state index in [1.165, 1.54) is 23.3 Å². The highest BCUT2D eigenvalue weighted by atomic mass is 16.6. The van der Waals surface area contributed by atoms with Crippen LogP contribution in [0.25, 0.3) is 0 Å². The molecule has 1 aromatic carbocycles. The zero-order chi connectivity index (χ0) is 23.4. The van der Waals surface area contributed by atoms with Crippen molar-refractivity contribution in [2.24, 2.45) is 5.92 Å². The van der Waals surface area contributed by atoms with E-state index in [0.717, 1.165) is 43.2 Å². The number of nitrogens with zero attached hydrogens (tertiary/aromatic N) is 1. The largest absolute Gasteiger partial charge is 0.493 e. The molecular formula is C27H35NO5. The van der Waals surface area contributed by atoms with Crippen LogP contribution in [0.3, 0.4) is 0 Å². The van der Waals surface area contributed by atoms with Gasteiger partial charge in [0.05, 0.1) is 13.2 Å². The number of imide groups is 1. The van der Waals surface area contributed by atoms with Crippen molar-refractivity contribution >= 4 is 12.0 Å². The Balaban J connectivity index is 1.35. The summed E-state index contributed by atoms with van der Waals surface area (Å²) in [4.78, 5) is 26.5. The lowest BCUT2D eigenvalue weighted by molar-refractivity contribution is -0.126. The van der Waals surface area contributed by atoms with Crippen molar-refractivity contribution in [3.63, 3.8) is 0 Å². The van der Waals surface area contributed by atoms with Crippen LogP contribution in [0.4, 0.5) is 4.79 Å². The number of allylic oxidation sites excluding steroid dienone is 2. The van der Waals surface area contributed by atoms with Crippen molar-refractivity contribution in [1.82, 2.24) is 4.90 Å². The van der Waals surface area contributed by atoms with Crippen LogP contribution < -0.4 is 9.47 Å². The van der Waals surface area contributed by atoms with Crippen molar-refractivity contribution in [2.75, 3.05) is 20.3 Å². The van der Waals surface area contributed by atoms with E-state index in [2.05, 4.69) is 19.6 Å². The monoisotopic (exact) mass is 453 g/mol. The second kappa shape index (κ2) is 10.4. The highest BCUT2D eigenvalue weighted by Gasteiger charge is 2.36. The highest BCUT2D eigenvalue weighted by molar-refractivity contribution is 5.94. The number of carbonyl (C=O) groups is 2. The van der Waals surface area contributed by atoms with E-state index < -0.39 is 6.09 Å². The van der Waals surface area contributed by atoms with Gasteiger partial charge >= 0.3 is 6.09 Å². The minimum Gasteiger partial charge on any atom is -0.493 e. The topological polar surface area (TPSA) is 65.1 Å². The quantitative estimate of drug-likeness (QED) is 0.490. The van der Waals surface area contributed by atoms with Gasteiger partial charge in [0.25, 0.3) is 0 Å². The maximum atomic E-state index is 12.6. The predicted molar refractivity (Wildman–Crippen MR) is 127 cm³/mol. The molecule has 6 heteroatoms. The van der Waals surface area contributed by atoms with Gasteiger partial charge in [-0.2, -0.15) is 0 Å². The summed E-state index contributed by atoms with van der Waals surface area (Å²) in [5.74, 6) is 1.65. The smallest absolute Gasteiger partial charge is 0.416 e. The fourth-order valence-corrected chi connectivity index (χ4v) is 5.03. The molecule has 1 heterocycles. The number of likely N-dealkylation sites (tertiary alicyclic amines) is 1. The van der Waals surface area contributed by atoms with Crippen LogP contribution in [-0.4, -0.2) is 43.3 Å². The zero-order valence-electron chi connectivity index (χ0n) is 19.8. The third-order valence-electron chi connectivity index (χ3n) is 7.18. The molecule has 2 atom stereocenters. The van der Waals surface area contributed by atoms with Crippen LogP contribution in [0.5, 0.6) is 11.5 Å². The molecule has 2 amide bonds. The molecule has 0 bridgehead atoms. The molecule has 2 aliphatic carbocycles. The molecule has 0 spiro atoms. The van der Waals surface area contributed by atoms with Crippen molar-refractivity contribution in [1.29, 1.82) is 0 Å². The van der Waals surface area contributed by atoms with Gasteiger partial charge in [0, 0.05) is 18.9 Å². The van der Waals surface area contributed by atoms with E-state index in [1.807, 2.05) is 18.2 Å². The molecule has 33 heavy (non-hydrogen) atoms. The second-order valence-corrected chi connectivity index (χ2v) is 9.57. The van der Waals surface area contributed by atoms with E-state index in [-0.39, 0.29) is 31.0 Å². The minimum absolute atomic E-state index is 0.0768. The van der Waals surface area contributed by atoms with E-state index in [0.29, 0.717) is 24.0 Å². The van der Waals surface area contributed by atoms with E-state index in [1.54, 1.807) is 7.11 Å². The first-order chi connectivity index (χ1) is 15.9. The molecule has 1 unspecified atom stereocenters. The second-order valence-electron chi connectivity index (χ2n) is 9.57. The standard InChI is InChI=1S/C27H35NO5/c1-18(2)20-10-8-19(9-11-20)17-32-27(30)28-16-22(15-26(28)29)21-12-13-24(31-3)25(14-21)33-23-6-4-5-7-23/h8,12-14,20,22-23H,1,4-7,9-11,15-17H2,2-3H3/t20-,22?/m1/s1. The number of hydrogen-bond donors (Lipinski definition) is 0. The Labute approximate surface area is 196 Å². The fourth-order valence-electron chi connectivity index (χ4n) is 5.03. The summed E-state index contributed by atoms with van der Waals surface area (Å²) >= 11 is 0. The van der Waals surface area contributed by atoms with Crippen molar-refractivity contribution in [2.45, 2.75) is 70.3 Å². The van der Waals surface area contributed by atoms with Crippen LogP contribution in [0.2, 0.25) is 0 Å². The number of benzene rings is 1. The Morgan fingerprint density at radius 2 is 1.97 bits per heavy atom. The van der Waals surface area contributed by atoms with Gasteiger partial charge in [0.2, 0.25) is 5.91 Å². The van der Waals surface area contributed by atoms with Gasteiger partial charge in [-0.15, -0.1) is 0 Å². The third kappa shape index (κ3) is 5.60. The summed E-state index contributed by atoms with van der Waals surface area (Å²) in [6, 6.07) is 5.81. The molecular weight excluding hydrogens is 418 g/mol. The Kier molecular flexibility index (Phi) is 7.41. The molecule has 1 aromatic rings. The van der Waals surface area contributed by atoms with Crippen LogP contribution in [0.1, 0.15) is 69.8 Å². The maximum absolute atomic E-state index is 12.6. The fraction of sp³-hybridized carbons (Fsp3) is 0.556. The lowest BCUT2D eigenvalue weighted by Gasteiger charge is -2.22. The Bertz CT molecular complexity index is 930. The molecule has 178 valence electrons. The SMILES string of the molecule is C=C(C)[C@@H]1CC=C(COC(=O)N2CC(c3ccc(OC)c(OC4CCCC4)c3)CC2=O)CC1. The number of ether oxygens (including phenoxy) is 3. The molecule has 0 radical (unpaired) electrons. The van der Waals surface area contributed by atoms with Crippen LogP contribution in [-0.2, 0) is 9.53 Å². The first kappa shape index (κ1) is 23.4. The molecule has 2 fully saturated rings. The number of hydrogen-bond acceptors (Lipinski definition) is 5. The minimum atomic E-state index is -0.554. The zero-order valence-corrected chi connectivity index (χ0v) is 19.8. The number of carbonyl (C=O) groups excluding carboxylic acids is 2. The van der Waals surface area contributed by atoms with Gasteiger partial charge in [-0.05, 0) is 81.1 Å². The van der Waals surface area contributed by atoms with Gasteiger partial charge in [0.1, 0.15) is 6.61 Å². The van der Waals surface area contributed by atoms with E-state index in [4.69, 9.17) is 14.2 Å². The summed E-state index contributed by atoms with van der Waals surface area (Å²) in [5.41, 5.74) is 3.30. The molecule has 4 rings (SSSR count). The van der Waals surface area contributed by atoms with Gasteiger partial charge < -0.3 is 14.2 Å². The van der Waals surface area contributed by atoms with Crippen LogP contribution in [0, 0.1) is 5.92 Å². The molecule has 1 saturated heterocycles. The van der Waals surface area contributed by atoms with Crippen molar-refractivity contribution in [3.8, 4) is 11.5 Å². The average Bonchev–Trinajstić information content (AvgIpc) is 3.47. The summed E-state index contributed by atoms with van der Waals surface area (Å²) < 4.78 is 17.2. The third-order valence-corrected chi connectivity index (χ3v) is 7.18. The Morgan fingerprint density at radius 3 is 2.64 bits per heavy atom. The Morgan fingerprint density at radius 1 is 1.18 bits per heavy atom. The van der Waals surface area contributed by atoms with Crippen LogP contribution >= 0.6 is 0 Å².